The predicted octanol–water partition coefficient (Wildman–Crippen LogP) is -2.21. The molecule has 12 amide bonds. The number of aliphatic imine (C=N–C) groups is 1. The van der Waals surface area contributed by atoms with E-state index in [1.807, 2.05) is 10.6 Å². The van der Waals surface area contributed by atoms with E-state index in [4.69, 9.17) is 27.7 Å². The highest BCUT2D eigenvalue weighted by Gasteiger charge is 2.39. The fourth-order valence-corrected chi connectivity index (χ4v) is 12.2. The summed E-state index contributed by atoms with van der Waals surface area (Å²) < 4.78 is 5.71. The maximum absolute atomic E-state index is 14.8. The first-order valence-corrected chi connectivity index (χ1v) is 37.4. The van der Waals surface area contributed by atoms with Crippen molar-refractivity contribution in [2.24, 2.45) is 34.0 Å². The molecule has 1 aliphatic heterocycles. The van der Waals surface area contributed by atoms with Gasteiger partial charge in [0.1, 0.15) is 54.9 Å². The van der Waals surface area contributed by atoms with Crippen molar-refractivity contribution in [3.05, 3.63) is 101 Å². The number of aliphatic carboxylic acids is 3. The van der Waals surface area contributed by atoms with Crippen LogP contribution in [0, 0.1) is 11.8 Å². The van der Waals surface area contributed by atoms with Gasteiger partial charge in [-0.15, -0.1) is 0 Å². The van der Waals surface area contributed by atoms with Crippen LogP contribution in [0.4, 0.5) is 5.69 Å². The zero-order valence-electron chi connectivity index (χ0n) is 63.9. The first kappa shape index (κ1) is 93.1. The molecule has 0 saturated carbocycles. The standard InChI is InChI=1S/C76H102N16O23/c1-4-5-6-7-8-9-15-42-22-24-43(25-23-42)69(106)89-52(29-44-35-81-50-19-13-11-16-46(44)50)73(110)90-53(32-60(79)96)74(111)92-66(75(112)113)59(95)30-45-39-115-76(114)56(31-58(94)47-17-10-12-18-48(47)78)86-61(97)28-40(2)21-26-49(45)82-36-62(98)85-51(20-14-27-77)71(108)91-55(34-65(102)103)72(109)84-41(3)68(105)88-54(33-64(100)101)70(107)83-37-63(99)87-57(38-93)67(80)104/h10-13,16-19,22-25,35,40-41,45,51-57,66,81,93H,4-9,14-15,20-21,26-34,36-39,77-78H2,1-3H3,(H2,79,96)(H2,80,104)(H,83,107)(H,84,109)(H,85,98)(H,86,97)(H,87,99)(H,88,105)(H,89,106)(H,90,110)(H,91,108)(H,92,111)(H,100,101)(H,102,103)(H,112,113). The molecule has 1 saturated heterocycles. The molecule has 39 nitrogen and oxygen atoms in total. The molecule has 0 spiro atoms. The van der Waals surface area contributed by atoms with E-state index in [2.05, 4.69) is 59.4 Å². The Morgan fingerprint density at radius 2 is 1.24 bits per heavy atom. The zero-order valence-corrected chi connectivity index (χ0v) is 63.9. The fourth-order valence-electron chi connectivity index (χ4n) is 12.2. The number of fused-ring (bicyclic) bond motifs is 1. The fraction of sp³-hybridized carbons (Fsp3) is 0.487. The van der Waals surface area contributed by atoms with Crippen LogP contribution in [-0.2, 0) is 94.3 Å². The second kappa shape index (κ2) is 47.1. The summed E-state index contributed by atoms with van der Waals surface area (Å²) >= 11 is 0. The van der Waals surface area contributed by atoms with Crippen molar-refractivity contribution in [1.29, 1.82) is 0 Å². The number of aromatic amines is 1. The Bertz CT molecular complexity index is 4210. The second-order valence-electron chi connectivity index (χ2n) is 27.8. The molecule has 11 unspecified atom stereocenters. The number of amides is 12. The Morgan fingerprint density at radius 1 is 0.643 bits per heavy atom. The highest BCUT2D eigenvalue weighted by Crippen LogP contribution is 2.24. The quantitative estimate of drug-likeness (QED) is 0.00733. The molecule has 11 atom stereocenters. The molecule has 1 aliphatic rings. The Morgan fingerprint density at radius 3 is 1.88 bits per heavy atom. The van der Waals surface area contributed by atoms with E-state index in [0.29, 0.717) is 16.5 Å². The number of ether oxygens (including phenoxy) is 1. The van der Waals surface area contributed by atoms with Crippen molar-refractivity contribution in [2.45, 2.75) is 191 Å². The normalized spacial score (nSPS) is 16.8. The van der Waals surface area contributed by atoms with Gasteiger partial charge in [-0.25, -0.2) is 9.59 Å². The summed E-state index contributed by atoms with van der Waals surface area (Å²) in [6.07, 6.45) is 2.79. The van der Waals surface area contributed by atoms with Gasteiger partial charge in [0.2, 0.25) is 65.0 Å². The third-order valence-corrected chi connectivity index (χ3v) is 18.5. The van der Waals surface area contributed by atoms with Gasteiger partial charge in [0.25, 0.3) is 5.91 Å². The van der Waals surface area contributed by atoms with Crippen LogP contribution in [0.5, 0.6) is 0 Å². The van der Waals surface area contributed by atoms with Gasteiger partial charge in [-0.2, -0.15) is 0 Å². The molecule has 0 radical (unpaired) electrons. The molecule has 0 aliphatic carbocycles. The van der Waals surface area contributed by atoms with E-state index in [-0.39, 0.29) is 67.6 Å². The summed E-state index contributed by atoms with van der Waals surface area (Å²) in [4.78, 5) is 249. The number of para-hydroxylation sites is 2. The number of aromatic nitrogens is 1. The topological polar surface area (TPSA) is 650 Å². The van der Waals surface area contributed by atoms with Crippen LogP contribution in [0.25, 0.3) is 10.9 Å². The summed E-state index contributed by atoms with van der Waals surface area (Å²) in [7, 11) is 0. The number of aliphatic hydroxyl groups is 1. The molecule has 2 heterocycles. The number of Topliss-reactive ketones (excluding diaryl/α,β-unsaturated/α-hetero) is 2. The monoisotopic (exact) mass is 1610 g/mol. The number of primary amides is 2. The average molecular weight is 1610 g/mol. The van der Waals surface area contributed by atoms with E-state index in [1.54, 1.807) is 67.7 Å². The minimum absolute atomic E-state index is 0.00137. The largest absolute Gasteiger partial charge is 0.481 e. The molecule has 5 rings (SSSR count). The van der Waals surface area contributed by atoms with Crippen molar-refractivity contribution in [1.82, 2.24) is 58.2 Å². The predicted molar refractivity (Wildman–Crippen MR) is 411 cm³/mol. The number of cyclic esters (lactones) is 1. The number of nitrogens with one attached hydrogen (secondary N) is 11. The number of aliphatic hydroxyl groups excluding tert-OH is 1. The smallest absolute Gasteiger partial charge is 0.334 e. The summed E-state index contributed by atoms with van der Waals surface area (Å²) in [5.74, 6) is -24.2. The van der Waals surface area contributed by atoms with Gasteiger partial charge in [-0.1, -0.05) is 88.4 Å². The lowest BCUT2D eigenvalue weighted by Crippen LogP contribution is -2.58. The number of ketones is 2. The Hall–Kier alpha value is -12.5. The molecule has 3 aromatic carbocycles. The van der Waals surface area contributed by atoms with Gasteiger partial charge in [0.15, 0.2) is 17.6 Å². The minimum Gasteiger partial charge on any atom is -0.481 e. The van der Waals surface area contributed by atoms with Crippen LogP contribution in [0.1, 0.15) is 155 Å². The molecular formula is C76H102N16O23. The van der Waals surface area contributed by atoms with Gasteiger partial charge in [0, 0.05) is 71.2 Å². The number of anilines is 1. The Balaban J connectivity index is 1.43. The molecular weight excluding hydrogens is 1500 g/mol. The molecule has 4 aromatic rings. The van der Waals surface area contributed by atoms with Gasteiger partial charge in [-0.05, 0) is 99.4 Å². The van der Waals surface area contributed by atoms with Crippen molar-refractivity contribution in [3.8, 4) is 0 Å². The first-order valence-electron chi connectivity index (χ1n) is 37.4. The summed E-state index contributed by atoms with van der Waals surface area (Å²) in [6.45, 7) is 0.958. The Labute approximate surface area is 660 Å². The molecule has 1 fully saturated rings. The van der Waals surface area contributed by atoms with Crippen LogP contribution in [0.3, 0.4) is 0 Å². The van der Waals surface area contributed by atoms with Crippen LogP contribution in [0.15, 0.2) is 84.0 Å². The van der Waals surface area contributed by atoms with Crippen LogP contribution < -0.4 is 76.1 Å². The number of esters is 1. The third kappa shape index (κ3) is 31.5. The molecule has 115 heavy (non-hydrogen) atoms. The number of nitrogen functional groups attached to an aromatic ring is 1. The van der Waals surface area contributed by atoms with Gasteiger partial charge < -0.3 is 106 Å². The van der Waals surface area contributed by atoms with E-state index in [1.165, 1.54) is 18.2 Å². The van der Waals surface area contributed by atoms with E-state index >= 15 is 0 Å². The lowest BCUT2D eigenvalue weighted by Gasteiger charge is -2.26. The lowest BCUT2D eigenvalue weighted by atomic mass is 9.89. The van der Waals surface area contributed by atoms with Crippen molar-refractivity contribution in [3.63, 3.8) is 0 Å². The number of unbranched alkanes of at least 4 members (excludes halogenated alkanes) is 5. The number of carboxylic acids is 3. The number of aryl methyl sites for hydroxylation is 1. The summed E-state index contributed by atoms with van der Waals surface area (Å²) in [6, 6.07) is 2.98. The number of hydrogen-bond donors (Lipinski definition) is 19. The third-order valence-electron chi connectivity index (χ3n) is 18.5. The number of nitrogens with zero attached hydrogens (tertiary/aromatic N) is 1. The van der Waals surface area contributed by atoms with Gasteiger partial charge in [0.05, 0.1) is 39.0 Å². The van der Waals surface area contributed by atoms with Crippen molar-refractivity contribution >= 4 is 129 Å². The first-order chi connectivity index (χ1) is 54.6. The maximum Gasteiger partial charge on any atom is 0.334 e. The molecule has 624 valence electrons. The van der Waals surface area contributed by atoms with Crippen LogP contribution in [0.2, 0.25) is 0 Å². The van der Waals surface area contributed by atoms with Crippen molar-refractivity contribution in [2.75, 3.05) is 38.6 Å². The molecule has 1 aromatic heterocycles. The average Bonchev–Trinajstić information content (AvgIpc) is 1.72. The number of H-pyrrole nitrogens is 1. The highest BCUT2D eigenvalue weighted by atomic mass is 16.5. The van der Waals surface area contributed by atoms with Crippen molar-refractivity contribution < 1.29 is 111 Å². The minimum atomic E-state index is -2.55. The summed E-state index contributed by atoms with van der Waals surface area (Å²) in [5.41, 5.74) is 24.8. The zero-order chi connectivity index (χ0) is 85.0. The van der Waals surface area contributed by atoms with E-state index in [0.717, 1.165) is 57.4 Å². The molecule has 39 heteroatoms. The Kier molecular flexibility index (Phi) is 38.1. The van der Waals surface area contributed by atoms with E-state index < -0.39 is 231 Å². The number of nitrogens with two attached hydrogens (primary N) is 4. The van der Waals surface area contributed by atoms with Gasteiger partial charge in [-0.3, -0.25) is 81.7 Å². The number of benzene rings is 3. The number of carboxylic acid groups (broad SMARTS) is 3. The number of hydrogen-bond acceptors (Lipinski definition) is 23. The SMILES string of the molecule is CCCCCCCCc1ccc(C(=O)NC(Cc2c[nH]c3ccccc23)C(=O)NC(CC(N)=O)C(=O)NC(C(=O)O)C(=O)CC2COC(=O)C(CC(=O)c3ccccc3N)NC(=O)CC(C)CCC2=NCC(=O)NC(CCCN)C(=O)NC(CC(=O)O)C(=O)NC(C)C(=O)NC(CC(=O)O)C(=O)NCC(=O)NC(CO)C(N)=O)cc1. The lowest BCUT2D eigenvalue weighted by molar-refractivity contribution is -0.150. The number of carbonyl (C=O) groups is 18. The van der Waals surface area contributed by atoms with Gasteiger partial charge >= 0.3 is 23.9 Å². The molecule has 23 N–H and O–H groups in total. The van der Waals surface area contributed by atoms with Crippen LogP contribution in [-0.4, -0.2) is 225 Å². The van der Waals surface area contributed by atoms with Crippen LogP contribution >= 0.6 is 0 Å². The summed E-state index contributed by atoms with van der Waals surface area (Å²) in [5, 5.41) is 62.6. The molecule has 0 bridgehead atoms. The van der Waals surface area contributed by atoms with E-state index in [9.17, 15) is 107 Å². The number of rotatable bonds is 46. The number of carbonyl (C=O) groups excluding carboxylic acids is 15. The maximum atomic E-state index is 14.8. The second-order valence-corrected chi connectivity index (χ2v) is 27.8. The highest BCUT2D eigenvalue weighted by molar-refractivity contribution is 6.09.